The fraction of sp³-hybridized carbons (Fsp3) is 0.133. The zero-order valence-electron chi connectivity index (χ0n) is 10.6. The molecule has 102 valence electrons. The molecule has 0 heterocycles. The number of nitriles is 1. The maximum Gasteiger partial charge on any atom is 0.174 e. The molecule has 3 nitrogen and oxygen atoms in total. The van der Waals surface area contributed by atoms with Gasteiger partial charge in [-0.15, -0.1) is 0 Å². The highest BCUT2D eigenvalue weighted by atomic mass is 79.9. The molecule has 0 fully saturated rings. The van der Waals surface area contributed by atoms with Crippen LogP contribution in [0.4, 0.5) is 5.69 Å². The van der Waals surface area contributed by atoms with Gasteiger partial charge in [0.1, 0.15) is 11.8 Å². The van der Waals surface area contributed by atoms with Gasteiger partial charge in [-0.05, 0) is 61.7 Å². The van der Waals surface area contributed by atoms with Crippen molar-refractivity contribution in [3.63, 3.8) is 0 Å². The summed E-state index contributed by atoms with van der Waals surface area (Å²) in [5, 5.41) is 11.8. The van der Waals surface area contributed by atoms with Gasteiger partial charge in [0, 0.05) is 27.2 Å². The van der Waals surface area contributed by atoms with Crippen molar-refractivity contribution in [2.45, 2.75) is 6.54 Å². The number of hydrogen-bond acceptors (Lipinski definition) is 3. The first-order valence-corrected chi connectivity index (χ1v) is 7.55. The summed E-state index contributed by atoms with van der Waals surface area (Å²) < 4.78 is 7.33. The number of nitrogens with zero attached hydrogens (tertiary/aromatic N) is 1. The van der Waals surface area contributed by atoms with Crippen molar-refractivity contribution in [1.29, 1.82) is 5.26 Å². The first kappa shape index (κ1) is 14.9. The lowest BCUT2D eigenvalue weighted by atomic mass is 10.2. The van der Waals surface area contributed by atoms with Crippen molar-refractivity contribution in [3.05, 3.63) is 57.0 Å². The number of anilines is 1. The van der Waals surface area contributed by atoms with E-state index in [2.05, 4.69) is 49.3 Å². The molecule has 0 aliphatic carbocycles. The molecule has 0 aromatic heterocycles. The quantitative estimate of drug-likeness (QED) is 0.796. The summed E-state index contributed by atoms with van der Waals surface area (Å²) in [6.07, 6.45) is 0. The fourth-order valence-corrected chi connectivity index (χ4v) is 2.34. The molecule has 0 unspecified atom stereocenters. The molecule has 0 aliphatic rings. The summed E-state index contributed by atoms with van der Waals surface area (Å²) in [4.78, 5) is 0. The van der Waals surface area contributed by atoms with E-state index in [0.29, 0.717) is 12.3 Å². The van der Waals surface area contributed by atoms with Gasteiger partial charge in [-0.2, -0.15) is 5.26 Å². The molecule has 20 heavy (non-hydrogen) atoms. The molecule has 0 saturated heterocycles. The first-order valence-electron chi connectivity index (χ1n) is 5.96. The second-order valence-electron chi connectivity index (χ2n) is 4.08. The number of hydrogen-bond donors (Lipinski definition) is 1. The fourth-order valence-electron chi connectivity index (χ4n) is 1.67. The van der Waals surface area contributed by atoms with E-state index in [0.717, 1.165) is 14.6 Å². The maximum absolute atomic E-state index is 8.50. The molecule has 5 heteroatoms. The van der Waals surface area contributed by atoms with Crippen LogP contribution in [-0.2, 0) is 6.54 Å². The summed E-state index contributed by atoms with van der Waals surface area (Å²) in [5.74, 6) is 0.688. The van der Waals surface area contributed by atoms with E-state index in [-0.39, 0.29) is 6.61 Å². The van der Waals surface area contributed by atoms with Crippen molar-refractivity contribution in [1.82, 2.24) is 0 Å². The van der Waals surface area contributed by atoms with E-state index in [1.54, 1.807) is 0 Å². The van der Waals surface area contributed by atoms with Gasteiger partial charge >= 0.3 is 0 Å². The van der Waals surface area contributed by atoms with Crippen molar-refractivity contribution < 1.29 is 4.74 Å². The first-order chi connectivity index (χ1) is 9.69. The van der Waals surface area contributed by atoms with Crippen LogP contribution in [0.15, 0.2) is 51.4 Å². The third kappa shape index (κ3) is 4.26. The highest BCUT2D eigenvalue weighted by Crippen LogP contribution is 2.24. The molecule has 0 saturated carbocycles. The lowest BCUT2D eigenvalue weighted by molar-refractivity contribution is 0.368. The summed E-state index contributed by atoms with van der Waals surface area (Å²) >= 11 is 6.94. The predicted octanol–water partition coefficient (Wildman–Crippen LogP) is 4.73. The van der Waals surface area contributed by atoms with Gasteiger partial charge in [-0.3, -0.25) is 0 Å². The van der Waals surface area contributed by atoms with Gasteiger partial charge in [-0.1, -0.05) is 12.1 Å². The van der Waals surface area contributed by atoms with Gasteiger partial charge in [0.2, 0.25) is 0 Å². The minimum absolute atomic E-state index is 0.0586. The number of rotatable bonds is 5. The molecule has 2 rings (SSSR count). The smallest absolute Gasteiger partial charge is 0.174 e. The van der Waals surface area contributed by atoms with Crippen LogP contribution in [0.5, 0.6) is 5.75 Å². The van der Waals surface area contributed by atoms with Crippen LogP contribution in [0, 0.1) is 11.3 Å². The van der Waals surface area contributed by atoms with Crippen LogP contribution in [0.1, 0.15) is 5.56 Å². The van der Waals surface area contributed by atoms with Crippen LogP contribution in [0.2, 0.25) is 0 Å². The Morgan fingerprint density at radius 2 is 1.95 bits per heavy atom. The molecule has 0 spiro atoms. The molecular weight excluding hydrogens is 384 g/mol. The molecule has 0 aliphatic heterocycles. The minimum Gasteiger partial charge on any atom is -0.479 e. The number of ether oxygens (including phenoxy) is 1. The molecular formula is C15H12Br2N2O. The predicted molar refractivity (Wildman–Crippen MR) is 86.7 cm³/mol. The average molecular weight is 396 g/mol. The lowest BCUT2D eigenvalue weighted by Crippen LogP contribution is -2.00. The Labute approximate surface area is 134 Å². The largest absolute Gasteiger partial charge is 0.479 e. The van der Waals surface area contributed by atoms with Crippen LogP contribution >= 0.6 is 31.9 Å². The van der Waals surface area contributed by atoms with Crippen molar-refractivity contribution in [2.24, 2.45) is 0 Å². The molecule has 2 aromatic carbocycles. The highest BCUT2D eigenvalue weighted by molar-refractivity contribution is 9.13. The zero-order valence-corrected chi connectivity index (χ0v) is 13.7. The number of benzene rings is 2. The van der Waals surface area contributed by atoms with E-state index in [9.17, 15) is 0 Å². The van der Waals surface area contributed by atoms with E-state index in [1.165, 1.54) is 5.56 Å². The van der Waals surface area contributed by atoms with Crippen molar-refractivity contribution in [2.75, 3.05) is 11.9 Å². The summed E-state index contributed by atoms with van der Waals surface area (Å²) in [6.45, 7) is 0.774. The number of halogens is 2. The van der Waals surface area contributed by atoms with Crippen molar-refractivity contribution >= 4 is 37.5 Å². The highest BCUT2D eigenvalue weighted by Gasteiger charge is 2.00. The Balaban J connectivity index is 1.99. The molecule has 0 amide bonds. The van der Waals surface area contributed by atoms with Gasteiger partial charge < -0.3 is 10.1 Å². The molecule has 1 N–H and O–H groups in total. The number of nitrogens with one attached hydrogen (secondary N) is 1. The van der Waals surface area contributed by atoms with E-state index in [4.69, 9.17) is 10.00 Å². The van der Waals surface area contributed by atoms with Crippen LogP contribution < -0.4 is 10.1 Å². The van der Waals surface area contributed by atoms with Crippen LogP contribution in [-0.4, -0.2) is 6.61 Å². The molecule has 2 aromatic rings. The lowest BCUT2D eigenvalue weighted by Gasteiger charge is -2.09. The summed E-state index contributed by atoms with van der Waals surface area (Å²) in [5.41, 5.74) is 2.13. The Hall–Kier alpha value is -1.51. The second-order valence-corrected chi connectivity index (χ2v) is 5.79. The molecule has 0 radical (unpaired) electrons. The molecule has 0 bridgehead atoms. The average Bonchev–Trinajstić information content (AvgIpc) is 2.47. The van der Waals surface area contributed by atoms with Crippen molar-refractivity contribution in [3.8, 4) is 11.8 Å². The van der Waals surface area contributed by atoms with Gasteiger partial charge in [0.05, 0.1) is 0 Å². The Kier molecular flexibility index (Phi) is 5.45. The Bertz CT molecular complexity index is 638. The Morgan fingerprint density at radius 1 is 1.10 bits per heavy atom. The third-order valence-electron chi connectivity index (χ3n) is 2.62. The normalized spacial score (nSPS) is 9.85. The van der Waals surface area contributed by atoms with Crippen LogP contribution in [0.25, 0.3) is 0 Å². The van der Waals surface area contributed by atoms with E-state index < -0.39 is 0 Å². The van der Waals surface area contributed by atoms with E-state index >= 15 is 0 Å². The standard InChI is InChI=1S/C15H12Br2N2O/c16-14-5-4-11(8-15(14)17)10-19-12-2-1-3-13(9-12)20-7-6-18/h1-5,8-9,19H,7,10H2. The summed E-state index contributed by atoms with van der Waals surface area (Å²) in [7, 11) is 0. The van der Waals surface area contributed by atoms with Gasteiger partial charge in [0.15, 0.2) is 6.61 Å². The SMILES string of the molecule is N#CCOc1cccc(NCc2ccc(Br)c(Br)c2)c1. The van der Waals surface area contributed by atoms with E-state index in [1.807, 2.05) is 36.4 Å². The van der Waals surface area contributed by atoms with Crippen LogP contribution in [0.3, 0.4) is 0 Å². The monoisotopic (exact) mass is 394 g/mol. The summed E-state index contributed by atoms with van der Waals surface area (Å²) in [6, 6.07) is 15.6. The maximum atomic E-state index is 8.50. The minimum atomic E-state index is 0.0586. The topological polar surface area (TPSA) is 45.0 Å². The molecule has 0 atom stereocenters. The zero-order chi connectivity index (χ0) is 14.4. The second kappa shape index (κ2) is 7.32. The third-order valence-corrected chi connectivity index (χ3v) is 4.50. The van der Waals surface area contributed by atoms with Gasteiger partial charge in [0.25, 0.3) is 0 Å². The van der Waals surface area contributed by atoms with Gasteiger partial charge in [-0.25, -0.2) is 0 Å². The Morgan fingerprint density at radius 3 is 2.70 bits per heavy atom.